The number of carbonyl (C=O) groups excluding carboxylic acids is 1. The summed E-state index contributed by atoms with van der Waals surface area (Å²) in [5, 5.41) is 3.75. The molecule has 0 aliphatic rings. The summed E-state index contributed by atoms with van der Waals surface area (Å²) in [6, 6.07) is 7.35. The van der Waals surface area contributed by atoms with Crippen LogP contribution in [0.25, 0.3) is 10.9 Å². The lowest BCUT2D eigenvalue weighted by atomic mass is 10.1. The zero-order chi connectivity index (χ0) is 20.4. The van der Waals surface area contributed by atoms with E-state index in [4.69, 9.17) is 9.47 Å². The predicted molar refractivity (Wildman–Crippen MR) is 111 cm³/mol. The lowest BCUT2D eigenvalue weighted by molar-refractivity contribution is -0.121. The van der Waals surface area contributed by atoms with Crippen LogP contribution >= 0.6 is 0 Å². The van der Waals surface area contributed by atoms with Crippen LogP contribution in [-0.2, 0) is 16.0 Å². The van der Waals surface area contributed by atoms with Crippen LogP contribution in [0.15, 0.2) is 29.1 Å². The summed E-state index contributed by atoms with van der Waals surface area (Å²) < 4.78 is 10.7. The fourth-order valence-electron chi connectivity index (χ4n) is 2.97. The number of nitrogens with one attached hydrogen (secondary N) is 2. The van der Waals surface area contributed by atoms with Crippen LogP contribution in [0.1, 0.15) is 25.8 Å². The van der Waals surface area contributed by atoms with Gasteiger partial charge in [-0.25, -0.2) is 0 Å². The smallest absolute Gasteiger partial charge is 0.251 e. The molecule has 1 aromatic heterocycles. The van der Waals surface area contributed by atoms with Gasteiger partial charge in [0.1, 0.15) is 5.75 Å². The third-order valence-corrected chi connectivity index (χ3v) is 4.77. The van der Waals surface area contributed by atoms with E-state index in [9.17, 15) is 9.59 Å². The van der Waals surface area contributed by atoms with Gasteiger partial charge in [0.05, 0.1) is 25.8 Å². The molecule has 0 unspecified atom stereocenters. The Hall–Kier alpha value is -2.38. The van der Waals surface area contributed by atoms with Crippen molar-refractivity contribution in [1.29, 1.82) is 0 Å². The number of carbonyl (C=O) groups is 1. The molecule has 0 spiro atoms. The second-order valence-corrected chi connectivity index (χ2v) is 6.57. The van der Waals surface area contributed by atoms with Crippen LogP contribution < -0.4 is 15.6 Å². The third kappa shape index (κ3) is 6.65. The first-order valence-corrected chi connectivity index (χ1v) is 9.84. The van der Waals surface area contributed by atoms with Crippen LogP contribution in [-0.4, -0.2) is 62.3 Å². The van der Waals surface area contributed by atoms with E-state index in [1.54, 1.807) is 13.2 Å². The van der Waals surface area contributed by atoms with Gasteiger partial charge in [-0.15, -0.1) is 0 Å². The molecule has 1 heterocycles. The molecule has 2 N–H and O–H groups in total. The highest BCUT2D eigenvalue weighted by Gasteiger charge is 2.07. The number of methoxy groups -OCH3 is 1. The van der Waals surface area contributed by atoms with Crippen LogP contribution in [0.5, 0.6) is 5.75 Å². The van der Waals surface area contributed by atoms with Crippen LogP contribution in [0.3, 0.4) is 0 Å². The number of ether oxygens (including phenoxy) is 2. The normalized spacial score (nSPS) is 11.1. The Morgan fingerprint density at radius 1 is 1.18 bits per heavy atom. The minimum Gasteiger partial charge on any atom is -0.497 e. The summed E-state index contributed by atoms with van der Waals surface area (Å²) in [5.74, 6) is 0.608. The van der Waals surface area contributed by atoms with Gasteiger partial charge in [-0.05, 0) is 43.1 Å². The highest BCUT2D eigenvalue weighted by Crippen LogP contribution is 2.18. The van der Waals surface area contributed by atoms with Gasteiger partial charge in [0.25, 0.3) is 5.56 Å². The molecule has 0 bridgehead atoms. The highest BCUT2D eigenvalue weighted by molar-refractivity contribution is 5.81. The molecule has 1 aromatic carbocycles. The average molecular weight is 389 g/mol. The third-order valence-electron chi connectivity index (χ3n) is 4.77. The first kappa shape index (κ1) is 21.9. The largest absolute Gasteiger partial charge is 0.497 e. The molecule has 7 nitrogen and oxygen atoms in total. The molecular formula is C21H31N3O4. The molecule has 154 valence electrons. The van der Waals surface area contributed by atoms with Crippen molar-refractivity contribution in [2.45, 2.75) is 26.7 Å². The first-order valence-electron chi connectivity index (χ1n) is 9.84. The number of benzene rings is 1. The number of likely N-dealkylation sites (N-methyl/N-ethyl adjacent to an activating group) is 1. The molecule has 0 saturated heterocycles. The van der Waals surface area contributed by atoms with E-state index in [1.807, 2.05) is 18.2 Å². The number of rotatable bonds is 12. The van der Waals surface area contributed by atoms with Gasteiger partial charge >= 0.3 is 0 Å². The van der Waals surface area contributed by atoms with Gasteiger partial charge in [-0.2, -0.15) is 0 Å². The van der Waals surface area contributed by atoms with E-state index in [1.165, 1.54) is 0 Å². The summed E-state index contributed by atoms with van der Waals surface area (Å²) in [5.41, 5.74) is 1.15. The topological polar surface area (TPSA) is 83.7 Å². The molecule has 0 atom stereocenters. The van der Waals surface area contributed by atoms with Gasteiger partial charge in [0.15, 0.2) is 0 Å². The number of hydrogen-bond acceptors (Lipinski definition) is 5. The maximum Gasteiger partial charge on any atom is 0.251 e. The van der Waals surface area contributed by atoms with Gasteiger partial charge in [-0.1, -0.05) is 13.8 Å². The molecule has 2 rings (SSSR count). The van der Waals surface area contributed by atoms with Crippen LogP contribution in [0.2, 0.25) is 0 Å². The number of pyridine rings is 1. The van der Waals surface area contributed by atoms with Gasteiger partial charge < -0.3 is 24.7 Å². The Balaban J connectivity index is 1.74. The summed E-state index contributed by atoms with van der Waals surface area (Å²) in [7, 11) is 1.59. The van der Waals surface area contributed by atoms with Crippen molar-refractivity contribution < 1.29 is 14.3 Å². The standard InChI is InChI=1S/C21H31N3O4/c1-4-24(5-2)11-13-28-12-10-22-20(25)9-7-17-14-16-6-8-18(27-3)15-19(16)23-21(17)26/h6,8,14-15H,4-5,7,9-13H2,1-3H3,(H,22,25)(H,23,26). The Kier molecular flexibility index (Phi) is 8.97. The number of amides is 1. The Bertz CT molecular complexity index is 815. The SMILES string of the molecule is CCN(CC)CCOCCNC(=O)CCc1cc2ccc(OC)cc2[nH]c1=O. The zero-order valence-corrected chi connectivity index (χ0v) is 17.0. The summed E-state index contributed by atoms with van der Waals surface area (Å²) in [4.78, 5) is 29.4. The second-order valence-electron chi connectivity index (χ2n) is 6.57. The van der Waals surface area contributed by atoms with Gasteiger partial charge in [0, 0.05) is 31.1 Å². The van der Waals surface area contributed by atoms with Gasteiger partial charge in [0.2, 0.25) is 5.91 Å². The maximum absolute atomic E-state index is 12.2. The molecule has 28 heavy (non-hydrogen) atoms. The monoisotopic (exact) mass is 389 g/mol. The number of nitrogens with zero attached hydrogens (tertiary/aromatic N) is 1. The van der Waals surface area contributed by atoms with E-state index < -0.39 is 0 Å². The molecule has 0 radical (unpaired) electrons. The maximum atomic E-state index is 12.2. The highest BCUT2D eigenvalue weighted by atomic mass is 16.5. The first-order chi connectivity index (χ1) is 13.6. The lowest BCUT2D eigenvalue weighted by Gasteiger charge is -2.17. The van der Waals surface area contributed by atoms with E-state index in [2.05, 4.69) is 29.0 Å². The lowest BCUT2D eigenvalue weighted by Crippen LogP contribution is -2.30. The minimum absolute atomic E-state index is 0.0819. The fraction of sp³-hybridized carbons (Fsp3) is 0.524. The van der Waals surface area contributed by atoms with E-state index in [0.29, 0.717) is 37.5 Å². The molecular weight excluding hydrogens is 358 g/mol. The average Bonchev–Trinajstić information content (AvgIpc) is 2.71. The quantitative estimate of drug-likeness (QED) is 0.542. The Labute approximate surface area is 166 Å². The van der Waals surface area contributed by atoms with E-state index in [0.717, 1.165) is 30.5 Å². The molecule has 0 aliphatic carbocycles. The number of fused-ring (bicyclic) bond motifs is 1. The van der Waals surface area contributed by atoms with Crippen LogP contribution in [0.4, 0.5) is 0 Å². The van der Waals surface area contributed by atoms with Crippen molar-refractivity contribution in [1.82, 2.24) is 15.2 Å². The predicted octanol–water partition coefficient (Wildman–Crippen LogP) is 1.94. The fourth-order valence-corrected chi connectivity index (χ4v) is 2.97. The second kappa shape index (κ2) is 11.5. The summed E-state index contributed by atoms with van der Waals surface area (Å²) >= 11 is 0. The van der Waals surface area contributed by atoms with E-state index in [-0.39, 0.29) is 17.9 Å². The summed E-state index contributed by atoms with van der Waals surface area (Å²) in [6.45, 7) is 8.81. The van der Waals surface area contributed by atoms with Crippen molar-refractivity contribution in [2.75, 3.05) is 46.5 Å². The van der Waals surface area contributed by atoms with Gasteiger partial charge in [-0.3, -0.25) is 9.59 Å². The molecule has 1 amide bonds. The number of H-pyrrole nitrogens is 1. The Morgan fingerprint density at radius 3 is 2.68 bits per heavy atom. The number of hydrogen-bond donors (Lipinski definition) is 2. The van der Waals surface area contributed by atoms with Crippen molar-refractivity contribution >= 4 is 16.8 Å². The zero-order valence-electron chi connectivity index (χ0n) is 17.0. The summed E-state index contributed by atoms with van der Waals surface area (Å²) in [6.07, 6.45) is 0.663. The van der Waals surface area contributed by atoms with Crippen molar-refractivity contribution in [2.24, 2.45) is 0 Å². The molecule has 0 saturated carbocycles. The molecule has 0 aliphatic heterocycles. The van der Waals surface area contributed by atoms with Crippen molar-refractivity contribution in [3.05, 3.63) is 40.2 Å². The number of aromatic nitrogens is 1. The van der Waals surface area contributed by atoms with Crippen LogP contribution in [0, 0.1) is 0 Å². The van der Waals surface area contributed by atoms with Crippen molar-refractivity contribution in [3.8, 4) is 5.75 Å². The Morgan fingerprint density at radius 2 is 1.96 bits per heavy atom. The number of aryl methyl sites for hydroxylation is 1. The minimum atomic E-state index is -0.173. The molecule has 2 aromatic rings. The van der Waals surface area contributed by atoms with E-state index >= 15 is 0 Å². The molecule has 7 heteroatoms. The van der Waals surface area contributed by atoms with Crippen molar-refractivity contribution in [3.63, 3.8) is 0 Å². The molecule has 0 fully saturated rings. The number of aromatic amines is 1.